The Morgan fingerprint density at radius 1 is 0.973 bits per heavy atom. The van der Waals surface area contributed by atoms with Crippen LogP contribution in [-0.4, -0.2) is 34.7 Å². The highest BCUT2D eigenvalue weighted by molar-refractivity contribution is 5.78. The Morgan fingerprint density at radius 2 is 1.76 bits per heavy atom. The van der Waals surface area contributed by atoms with Crippen LogP contribution in [0.15, 0.2) is 77.9 Å². The van der Waals surface area contributed by atoms with E-state index in [2.05, 4.69) is 53.5 Å². The number of pyridine rings is 1. The van der Waals surface area contributed by atoms with E-state index < -0.39 is 0 Å². The van der Waals surface area contributed by atoms with Crippen molar-refractivity contribution >= 4 is 0 Å². The summed E-state index contributed by atoms with van der Waals surface area (Å²) in [5.74, 6) is 0.593. The number of nitrogens with zero attached hydrogens (tertiary/aromatic N) is 6. The highest BCUT2D eigenvalue weighted by Gasteiger charge is 2.20. The zero-order chi connectivity index (χ0) is 25.8. The predicted molar refractivity (Wildman–Crippen MR) is 145 cm³/mol. The molecule has 188 valence electrons. The van der Waals surface area contributed by atoms with Crippen LogP contribution < -0.4 is 5.69 Å². The van der Waals surface area contributed by atoms with Crippen LogP contribution in [0, 0.1) is 0 Å². The van der Waals surface area contributed by atoms with Crippen LogP contribution in [0.4, 0.5) is 0 Å². The van der Waals surface area contributed by atoms with Crippen LogP contribution in [0.3, 0.4) is 0 Å². The van der Waals surface area contributed by atoms with Crippen LogP contribution in [0.1, 0.15) is 56.5 Å². The molecule has 0 fully saturated rings. The molecule has 8 nitrogen and oxygen atoms in total. The highest BCUT2D eigenvalue weighted by Crippen LogP contribution is 2.29. The van der Waals surface area contributed by atoms with Gasteiger partial charge in [-0.2, -0.15) is 0 Å². The van der Waals surface area contributed by atoms with Crippen molar-refractivity contribution in [3.63, 3.8) is 0 Å². The summed E-state index contributed by atoms with van der Waals surface area (Å²) in [6.45, 7) is 6.36. The lowest BCUT2D eigenvalue weighted by molar-refractivity contribution is 0.573. The van der Waals surface area contributed by atoms with E-state index in [4.69, 9.17) is 4.98 Å². The van der Waals surface area contributed by atoms with Crippen LogP contribution in [-0.2, 0) is 12.8 Å². The van der Waals surface area contributed by atoms with Gasteiger partial charge in [-0.1, -0.05) is 68.8 Å². The van der Waals surface area contributed by atoms with Crippen LogP contribution in [0.2, 0.25) is 0 Å². The SMILES string of the molecule is CCCCc1cn(-c2ccccc2CC)c(=O)n1C(C)c1ccc(-c2ccccc2-c2nnn[nH]2)nc1. The third kappa shape index (κ3) is 4.74. The Bertz CT molecular complexity index is 1530. The van der Waals surface area contributed by atoms with Gasteiger partial charge in [-0.05, 0) is 59.9 Å². The molecule has 1 atom stereocenters. The van der Waals surface area contributed by atoms with E-state index in [-0.39, 0.29) is 11.7 Å². The molecule has 0 bridgehead atoms. The van der Waals surface area contributed by atoms with Gasteiger partial charge < -0.3 is 0 Å². The van der Waals surface area contributed by atoms with E-state index in [0.29, 0.717) is 5.82 Å². The van der Waals surface area contributed by atoms with Crippen molar-refractivity contribution in [1.82, 2.24) is 34.7 Å². The molecule has 0 saturated heterocycles. The summed E-state index contributed by atoms with van der Waals surface area (Å²) < 4.78 is 3.73. The first-order valence-electron chi connectivity index (χ1n) is 12.8. The monoisotopic (exact) mass is 493 g/mol. The molecule has 1 N–H and O–H groups in total. The van der Waals surface area contributed by atoms with Gasteiger partial charge in [-0.25, -0.2) is 9.89 Å². The second-order valence-corrected chi connectivity index (χ2v) is 9.18. The number of aryl methyl sites for hydroxylation is 2. The van der Waals surface area contributed by atoms with Crippen LogP contribution in [0.25, 0.3) is 28.3 Å². The maximum absolute atomic E-state index is 13.8. The summed E-state index contributed by atoms with van der Waals surface area (Å²) in [5.41, 5.74) is 6.73. The maximum atomic E-state index is 13.8. The summed E-state index contributed by atoms with van der Waals surface area (Å²) in [6, 6.07) is 19.9. The molecule has 0 radical (unpaired) electrons. The van der Waals surface area contributed by atoms with Crippen molar-refractivity contribution in [2.24, 2.45) is 0 Å². The molecule has 0 saturated carbocycles. The average Bonchev–Trinajstić information content (AvgIpc) is 3.60. The van der Waals surface area contributed by atoms with Crippen molar-refractivity contribution in [3.8, 4) is 28.3 Å². The molecule has 8 heteroatoms. The van der Waals surface area contributed by atoms with Gasteiger partial charge in [0.1, 0.15) is 0 Å². The summed E-state index contributed by atoms with van der Waals surface area (Å²) >= 11 is 0. The Hall–Kier alpha value is -4.33. The second kappa shape index (κ2) is 10.7. The van der Waals surface area contributed by atoms with E-state index >= 15 is 0 Å². The lowest BCUT2D eigenvalue weighted by Gasteiger charge is -2.17. The fraction of sp³-hybridized carbons (Fsp3) is 0.276. The number of imidazole rings is 1. The quantitative estimate of drug-likeness (QED) is 0.297. The van der Waals surface area contributed by atoms with E-state index in [1.165, 1.54) is 0 Å². The highest BCUT2D eigenvalue weighted by atomic mass is 16.1. The minimum atomic E-state index is -0.162. The minimum Gasteiger partial charge on any atom is -0.289 e. The van der Waals surface area contributed by atoms with Crippen molar-refractivity contribution in [3.05, 3.63) is 100 Å². The lowest BCUT2D eigenvalue weighted by atomic mass is 10.0. The van der Waals surface area contributed by atoms with E-state index in [1.807, 2.05) is 70.1 Å². The van der Waals surface area contributed by atoms with Crippen molar-refractivity contribution in [2.45, 2.75) is 52.5 Å². The van der Waals surface area contributed by atoms with E-state index in [0.717, 1.165) is 65.0 Å². The van der Waals surface area contributed by atoms with Gasteiger partial charge in [0.05, 0.1) is 17.4 Å². The maximum Gasteiger partial charge on any atom is 0.333 e. The van der Waals surface area contributed by atoms with Gasteiger partial charge in [-0.3, -0.25) is 14.1 Å². The van der Waals surface area contributed by atoms with E-state index in [1.54, 1.807) is 0 Å². The topological polar surface area (TPSA) is 94.3 Å². The smallest absolute Gasteiger partial charge is 0.289 e. The van der Waals surface area contributed by atoms with Gasteiger partial charge >= 0.3 is 5.69 Å². The minimum absolute atomic E-state index is 0.0215. The number of unbranched alkanes of at least 4 members (excludes halogenated alkanes) is 1. The average molecular weight is 494 g/mol. The summed E-state index contributed by atoms with van der Waals surface area (Å²) in [5, 5.41) is 14.3. The Morgan fingerprint density at radius 3 is 2.46 bits per heavy atom. The molecule has 3 aromatic heterocycles. The molecule has 0 aliphatic heterocycles. The number of para-hydroxylation sites is 1. The van der Waals surface area contributed by atoms with E-state index in [9.17, 15) is 4.79 Å². The Kier molecular flexibility index (Phi) is 7.07. The molecule has 3 heterocycles. The fourth-order valence-corrected chi connectivity index (χ4v) is 4.83. The second-order valence-electron chi connectivity index (χ2n) is 9.18. The van der Waals surface area contributed by atoms with Crippen molar-refractivity contribution in [1.29, 1.82) is 0 Å². The number of H-pyrrole nitrogens is 1. The number of hydrogen-bond donors (Lipinski definition) is 1. The number of hydrogen-bond acceptors (Lipinski definition) is 5. The molecule has 37 heavy (non-hydrogen) atoms. The number of benzene rings is 2. The molecule has 5 aromatic rings. The Balaban J connectivity index is 1.53. The molecule has 1 unspecified atom stereocenters. The van der Waals surface area contributed by atoms with Gasteiger partial charge in [0.15, 0.2) is 5.82 Å². The summed E-state index contributed by atoms with van der Waals surface area (Å²) in [4.78, 5) is 18.6. The summed E-state index contributed by atoms with van der Waals surface area (Å²) in [6.07, 6.45) is 7.69. The fourth-order valence-electron chi connectivity index (χ4n) is 4.83. The number of nitrogens with one attached hydrogen (secondary N) is 1. The number of rotatable bonds is 9. The molecule has 0 spiro atoms. The molecule has 5 rings (SSSR count). The van der Waals surface area contributed by atoms with Crippen LogP contribution in [0.5, 0.6) is 0 Å². The lowest BCUT2D eigenvalue weighted by Crippen LogP contribution is -2.27. The number of aromatic nitrogens is 7. The first-order valence-corrected chi connectivity index (χ1v) is 12.8. The molecular formula is C29H31N7O. The molecule has 2 aromatic carbocycles. The molecule has 0 aliphatic carbocycles. The first kappa shape index (κ1) is 24.4. The zero-order valence-corrected chi connectivity index (χ0v) is 21.4. The largest absolute Gasteiger partial charge is 0.333 e. The standard InChI is InChI=1S/C29H31N7O/c1-4-6-12-23-19-35(27-15-10-7-11-21(27)5-2)29(37)36(23)20(3)22-16-17-26(30-18-22)24-13-8-9-14-25(24)28-31-33-34-32-28/h7-11,13-20H,4-6,12H2,1-3H3,(H,31,32,33,34). The summed E-state index contributed by atoms with van der Waals surface area (Å²) in [7, 11) is 0. The number of tetrazole rings is 1. The third-order valence-corrected chi connectivity index (χ3v) is 6.88. The van der Waals surface area contributed by atoms with Gasteiger partial charge in [-0.15, -0.1) is 5.10 Å². The molecule has 0 aliphatic rings. The predicted octanol–water partition coefficient (Wildman–Crippen LogP) is 5.40. The van der Waals surface area contributed by atoms with Gasteiger partial charge in [0, 0.05) is 29.2 Å². The molecule has 0 amide bonds. The van der Waals surface area contributed by atoms with Crippen molar-refractivity contribution in [2.75, 3.05) is 0 Å². The van der Waals surface area contributed by atoms with Gasteiger partial charge in [0.2, 0.25) is 0 Å². The van der Waals surface area contributed by atoms with Crippen molar-refractivity contribution < 1.29 is 0 Å². The first-order chi connectivity index (χ1) is 18.1. The number of aromatic amines is 1. The van der Waals surface area contributed by atoms with Crippen LogP contribution >= 0.6 is 0 Å². The molecular weight excluding hydrogens is 462 g/mol. The zero-order valence-electron chi connectivity index (χ0n) is 21.4. The Labute approximate surface area is 216 Å². The van der Waals surface area contributed by atoms with Gasteiger partial charge in [0.25, 0.3) is 0 Å². The third-order valence-electron chi connectivity index (χ3n) is 6.88. The normalized spacial score (nSPS) is 12.1.